The number of amides is 1. The first-order chi connectivity index (χ1) is 3.66. The van der Waals surface area contributed by atoms with Crippen LogP contribution in [0.3, 0.4) is 0 Å². The molecule has 0 bridgehead atoms. The fraction of sp³-hybridized carbons (Fsp3) is 0.750. The van der Waals surface area contributed by atoms with Gasteiger partial charge in [0.05, 0.1) is 0 Å². The van der Waals surface area contributed by atoms with Crippen molar-refractivity contribution in [3.63, 3.8) is 0 Å². The number of hydrogen-bond donors (Lipinski definition) is 1. The summed E-state index contributed by atoms with van der Waals surface area (Å²) < 4.78 is 0. The molecule has 0 aromatic carbocycles. The van der Waals surface area contributed by atoms with Gasteiger partial charge in [0, 0.05) is 21.1 Å². The van der Waals surface area contributed by atoms with Crippen LogP contribution in [-0.4, -0.2) is 32.3 Å². The average Bonchev–Trinajstić information content (AvgIpc) is 1.65. The molecule has 0 radical (unpaired) electrons. The van der Waals surface area contributed by atoms with E-state index in [1.807, 2.05) is 0 Å². The first kappa shape index (κ1) is 7.23. The van der Waals surface area contributed by atoms with Gasteiger partial charge in [-0.15, -0.1) is 5.06 Å². The second-order valence-corrected chi connectivity index (χ2v) is 1.44. The Morgan fingerprint density at radius 3 is 2.25 bits per heavy atom. The Bertz CT molecular complexity index is 82.1. The van der Waals surface area contributed by atoms with Gasteiger partial charge in [0.2, 0.25) is 0 Å². The molecular formula is C4H10N2O2. The van der Waals surface area contributed by atoms with Crippen LogP contribution in [0.4, 0.5) is 4.79 Å². The topological polar surface area (TPSA) is 41.6 Å². The number of nitrogens with zero attached hydrogens (tertiary/aromatic N) is 1. The zero-order valence-corrected chi connectivity index (χ0v) is 5.26. The van der Waals surface area contributed by atoms with E-state index in [4.69, 9.17) is 0 Å². The Morgan fingerprint density at radius 1 is 1.62 bits per heavy atom. The Hall–Kier alpha value is -0.770. The molecule has 4 heteroatoms. The first-order valence-corrected chi connectivity index (χ1v) is 2.24. The van der Waals surface area contributed by atoms with Crippen LogP contribution in [-0.2, 0) is 4.84 Å². The number of hydroxylamine groups is 2. The Morgan fingerprint density at radius 2 is 2.12 bits per heavy atom. The van der Waals surface area contributed by atoms with Gasteiger partial charge in [-0.25, -0.2) is 4.79 Å². The van der Waals surface area contributed by atoms with Gasteiger partial charge >= 0.3 is 6.09 Å². The molecule has 0 spiro atoms. The molecule has 0 heterocycles. The minimum atomic E-state index is -0.449. The lowest BCUT2D eigenvalue weighted by atomic mass is 11.1. The fourth-order valence-corrected chi connectivity index (χ4v) is 0.211. The minimum Gasteiger partial charge on any atom is -0.352 e. The summed E-state index contributed by atoms with van der Waals surface area (Å²) in [4.78, 5) is 14.7. The molecule has 0 aliphatic rings. The lowest BCUT2D eigenvalue weighted by molar-refractivity contribution is -0.0540. The lowest BCUT2D eigenvalue weighted by Crippen LogP contribution is -2.26. The highest BCUT2D eigenvalue weighted by molar-refractivity contribution is 5.66. The smallest absolute Gasteiger partial charge is 0.352 e. The van der Waals surface area contributed by atoms with Gasteiger partial charge in [0.15, 0.2) is 0 Å². The molecule has 48 valence electrons. The normalized spacial score (nSPS) is 9.00. The van der Waals surface area contributed by atoms with Crippen LogP contribution >= 0.6 is 0 Å². The van der Waals surface area contributed by atoms with Crippen molar-refractivity contribution >= 4 is 6.09 Å². The van der Waals surface area contributed by atoms with Crippen molar-refractivity contribution in [2.75, 3.05) is 21.1 Å². The molecule has 0 aliphatic carbocycles. The summed E-state index contributed by atoms with van der Waals surface area (Å²) in [5, 5.41) is 3.61. The molecule has 0 aliphatic heterocycles. The zero-order chi connectivity index (χ0) is 6.57. The highest BCUT2D eigenvalue weighted by atomic mass is 16.7. The van der Waals surface area contributed by atoms with Crippen LogP contribution in [0.1, 0.15) is 0 Å². The molecule has 0 fully saturated rings. The van der Waals surface area contributed by atoms with E-state index in [2.05, 4.69) is 10.2 Å². The Labute approximate surface area is 48.4 Å². The molecule has 1 N–H and O–H groups in total. The van der Waals surface area contributed by atoms with Crippen molar-refractivity contribution in [1.82, 2.24) is 10.4 Å². The van der Waals surface area contributed by atoms with E-state index in [-0.39, 0.29) is 0 Å². The van der Waals surface area contributed by atoms with Crippen LogP contribution in [0.15, 0.2) is 0 Å². The summed E-state index contributed by atoms with van der Waals surface area (Å²) in [6.07, 6.45) is -0.449. The van der Waals surface area contributed by atoms with Crippen molar-refractivity contribution in [3.8, 4) is 0 Å². The second kappa shape index (κ2) is 3.26. The van der Waals surface area contributed by atoms with E-state index < -0.39 is 6.09 Å². The Balaban J connectivity index is 3.25. The lowest BCUT2D eigenvalue weighted by Gasteiger charge is -2.07. The van der Waals surface area contributed by atoms with E-state index in [9.17, 15) is 4.79 Å². The third kappa shape index (κ3) is 3.42. The van der Waals surface area contributed by atoms with Crippen molar-refractivity contribution in [2.24, 2.45) is 0 Å². The maximum Gasteiger partial charge on any atom is 0.426 e. The predicted molar refractivity (Wildman–Crippen MR) is 29.2 cm³/mol. The second-order valence-electron chi connectivity index (χ2n) is 1.44. The molecule has 0 unspecified atom stereocenters. The molecule has 0 aromatic heterocycles. The molecule has 0 saturated heterocycles. The zero-order valence-electron chi connectivity index (χ0n) is 5.26. The SMILES string of the molecule is CNC(=O)ON(C)C. The van der Waals surface area contributed by atoms with Gasteiger partial charge in [-0.1, -0.05) is 0 Å². The third-order valence-electron chi connectivity index (χ3n) is 0.470. The number of carbonyl (C=O) groups excluding carboxylic acids is 1. The van der Waals surface area contributed by atoms with Gasteiger partial charge in [-0.05, 0) is 0 Å². The van der Waals surface area contributed by atoms with E-state index in [1.165, 1.54) is 12.1 Å². The van der Waals surface area contributed by atoms with Gasteiger partial charge in [0.25, 0.3) is 0 Å². The van der Waals surface area contributed by atoms with Crippen LogP contribution in [0.25, 0.3) is 0 Å². The van der Waals surface area contributed by atoms with Gasteiger partial charge in [-0.3, -0.25) is 0 Å². The molecule has 0 aromatic rings. The number of carbonyl (C=O) groups is 1. The molecular weight excluding hydrogens is 108 g/mol. The third-order valence-corrected chi connectivity index (χ3v) is 0.470. The van der Waals surface area contributed by atoms with Gasteiger partial charge in [0.1, 0.15) is 0 Å². The van der Waals surface area contributed by atoms with Crippen molar-refractivity contribution in [1.29, 1.82) is 0 Å². The van der Waals surface area contributed by atoms with Crippen LogP contribution in [0.5, 0.6) is 0 Å². The predicted octanol–water partition coefficient (Wildman–Crippen LogP) is -0.181. The van der Waals surface area contributed by atoms with E-state index >= 15 is 0 Å². The first-order valence-electron chi connectivity index (χ1n) is 2.24. The summed E-state index contributed by atoms with van der Waals surface area (Å²) >= 11 is 0. The molecule has 0 atom stereocenters. The monoisotopic (exact) mass is 118 g/mol. The van der Waals surface area contributed by atoms with Crippen LogP contribution in [0, 0.1) is 0 Å². The summed E-state index contributed by atoms with van der Waals surface area (Å²) in [5.74, 6) is 0. The highest BCUT2D eigenvalue weighted by Gasteiger charge is 1.96. The molecule has 1 amide bonds. The van der Waals surface area contributed by atoms with Crippen molar-refractivity contribution < 1.29 is 9.63 Å². The number of rotatable bonds is 1. The maximum atomic E-state index is 10.2. The summed E-state index contributed by atoms with van der Waals surface area (Å²) in [6, 6.07) is 0. The Kier molecular flexibility index (Phi) is 2.95. The molecule has 0 rings (SSSR count). The van der Waals surface area contributed by atoms with Crippen LogP contribution in [0.2, 0.25) is 0 Å². The number of hydrogen-bond acceptors (Lipinski definition) is 3. The summed E-state index contributed by atoms with van der Waals surface area (Å²) in [6.45, 7) is 0. The van der Waals surface area contributed by atoms with Crippen molar-refractivity contribution in [2.45, 2.75) is 0 Å². The summed E-state index contributed by atoms with van der Waals surface area (Å²) in [5.41, 5.74) is 0. The van der Waals surface area contributed by atoms with E-state index in [1.54, 1.807) is 14.1 Å². The molecule has 4 nitrogen and oxygen atoms in total. The van der Waals surface area contributed by atoms with Crippen LogP contribution < -0.4 is 5.32 Å². The van der Waals surface area contributed by atoms with Gasteiger partial charge < -0.3 is 10.2 Å². The minimum absolute atomic E-state index is 0.449. The largest absolute Gasteiger partial charge is 0.426 e. The number of nitrogens with one attached hydrogen (secondary N) is 1. The highest BCUT2D eigenvalue weighted by Crippen LogP contribution is 1.76. The molecule has 0 saturated carbocycles. The summed E-state index contributed by atoms with van der Waals surface area (Å²) in [7, 11) is 4.77. The van der Waals surface area contributed by atoms with Crippen molar-refractivity contribution in [3.05, 3.63) is 0 Å². The maximum absolute atomic E-state index is 10.2. The van der Waals surface area contributed by atoms with Gasteiger partial charge in [-0.2, -0.15) is 0 Å². The molecule has 8 heavy (non-hydrogen) atoms. The van der Waals surface area contributed by atoms with E-state index in [0.717, 1.165) is 0 Å². The average molecular weight is 118 g/mol. The quantitative estimate of drug-likeness (QED) is 0.485. The fourth-order valence-electron chi connectivity index (χ4n) is 0.211. The van der Waals surface area contributed by atoms with E-state index in [0.29, 0.717) is 0 Å². The standard InChI is InChI=1S/C4H10N2O2/c1-5-4(7)8-6(2)3/h1-3H3,(H,5,7).